The van der Waals surface area contributed by atoms with Crippen LogP contribution in [-0.4, -0.2) is 41.6 Å². The molecule has 0 radical (unpaired) electrons. The summed E-state index contributed by atoms with van der Waals surface area (Å²) in [4.78, 5) is 7.36. The van der Waals surface area contributed by atoms with Crippen LogP contribution in [0.3, 0.4) is 0 Å². The minimum atomic E-state index is 0.571. The van der Waals surface area contributed by atoms with E-state index in [1.54, 1.807) is 20.5 Å². The summed E-state index contributed by atoms with van der Waals surface area (Å²) >= 11 is 7.13. The standard InChI is InChI=1S/C16H22N4O2S2/c1-11-15(19-10-18-11)9-24-5-4-17-16(23)20-12-6-13(21-2)8-14(7-12)22-3/h6-8,10H,4-5,9H2,1-3H3,(H,18,19)(H2,17,20,23). The van der Waals surface area contributed by atoms with E-state index in [2.05, 4.69) is 20.6 Å². The van der Waals surface area contributed by atoms with Crippen LogP contribution in [-0.2, 0) is 5.75 Å². The molecule has 1 aromatic carbocycles. The SMILES string of the molecule is COc1cc(NC(=S)NCCSCc2nc[nH]c2C)cc(OC)c1. The van der Waals surface area contributed by atoms with Crippen molar-refractivity contribution in [3.8, 4) is 11.5 Å². The minimum absolute atomic E-state index is 0.571. The molecule has 6 nitrogen and oxygen atoms in total. The van der Waals surface area contributed by atoms with E-state index in [4.69, 9.17) is 21.7 Å². The molecule has 1 heterocycles. The molecule has 24 heavy (non-hydrogen) atoms. The summed E-state index contributed by atoms with van der Waals surface area (Å²) in [5.41, 5.74) is 3.05. The maximum absolute atomic E-state index is 5.31. The van der Waals surface area contributed by atoms with Gasteiger partial charge in [-0.3, -0.25) is 0 Å². The number of aromatic amines is 1. The molecule has 0 amide bonds. The van der Waals surface area contributed by atoms with Crippen LogP contribution in [0.15, 0.2) is 24.5 Å². The van der Waals surface area contributed by atoms with Crippen LogP contribution in [0.1, 0.15) is 11.4 Å². The van der Waals surface area contributed by atoms with E-state index in [-0.39, 0.29) is 0 Å². The van der Waals surface area contributed by atoms with Crippen molar-refractivity contribution in [1.29, 1.82) is 0 Å². The lowest BCUT2D eigenvalue weighted by Gasteiger charge is -2.12. The van der Waals surface area contributed by atoms with Crippen molar-refractivity contribution in [1.82, 2.24) is 15.3 Å². The number of aryl methyl sites for hydroxylation is 1. The van der Waals surface area contributed by atoms with E-state index in [0.29, 0.717) is 16.6 Å². The number of nitrogens with one attached hydrogen (secondary N) is 3. The number of ether oxygens (including phenoxy) is 2. The van der Waals surface area contributed by atoms with Crippen molar-refractivity contribution in [3.05, 3.63) is 35.9 Å². The third-order valence-corrected chi connectivity index (χ3v) is 4.53. The molecule has 0 aliphatic rings. The highest BCUT2D eigenvalue weighted by atomic mass is 32.2. The van der Waals surface area contributed by atoms with E-state index in [1.165, 1.54) is 0 Å². The van der Waals surface area contributed by atoms with Crippen molar-refractivity contribution in [3.63, 3.8) is 0 Å². The Morgan fingerprint density at radius 2 is 1.96 bits per heavy atom. The Hall–Kier alpha value is -1.93. The Labute approximate surface area is 151 Å². The Kier molecular flexibility index (Phi) is 7.20. The second-order valence-electron chi connectivity index (χ2n) is 5.01. The predicted octanol–water partition coefficient (Wildman–Crippen LogP) is 2.96. The lowest BCUT2D eigenvalue weighted by Crippen LogP contribution is -2.30. The van der Waals surface area contributed by atoms with Crippen LogP contribution in [0, 0.1) is 6.92 Å². The first-order chi connectivity index (χ1) is 11.6. The quantitative estimate of drug-likeness (QED) is 0.490. The molecule has 0 atom stereocenters. The number of hydrogen-bond donors (Lipinski definition) is 3. The summed E-state index contributed by atoms with van der Waals surface area (Å²) in [7, 11) is 3.24. The number of rotatable bonds is 8. The molecule has 2 rings (SSSR count). The minimum Gasteiger partial charge on any atom is -0.497 e. The second-order valence-corrected chi connectivity index (χ2v) is 6.52. The summed E-state index contributed by atoms with van der Waals surface area (Å²) < 4.78 is 10.5. The van der Waals surface area contributed by atoms with Crippen molar-refractivity contribution < 1.29 is 9.47 Å². The van der Waals surface area contributed by atoms with Crippen LogP contribution in [0.5, 0.6) is 11.5 Å². The van der Waals surface area contributed by atoms with E-state index in [0.717, 1.165) is 35.1 Å². The summed E-state index contributed by atoms with van der Waals surface area (Å²) in [5, 5.41) is 6.90. The zero-order valence-corrected chi connectivity index (χ0v) is 15.6. The van der Waals surface area contributed by atoms with Gasteiger partial charge in [0.15, 0.2) is 5.11 Å². The summed E-state index contributed by atoms with van der Waals surface area (Å²) in [6.45, 7) is 2.81. The fraction of sp³-hybridized carbons (Fsp3) is 0.375. The van der Waals surface area contributed by atoms with Crippen molar-refractivity contribution in [2.75, 3.05) is 31.8 Å². The Morgan fingerprint density at radius 1 is 1.25 bits per heavy atom. The van der Waals surface area contributed by atoms with E-state index < -0.39 is 0 Å². The van der Waals surface area contributed by atoms with Gasteiger partial charge >= 0.3 is 0 Å². The van der Waals surface area contributed by atoms with Crippen molar-refractivity contribution >= 4 is 34.8 Å². The normalized spacial score (nSPS) is 10.3. The topological polar surface area (TPSA) is 71.2 Å². The number of hydrogen-bond acceptors (Lipinski definition) is 5. The number of nitrogens with zero attached hydrogens (tertiary/aromatic N) is 1. The fourth-order valence-electron chi connectivity index (χ4n) is 1.99. The third kappa shape index (κ3) is 5.61. The molecule has 0 fully saturated rings. The molecule has 8 heteroatoms. The molecule has 130 valence electrons. The van der Waals surface area contributed by atoms with E-state index in [1.807, 2.05) is 36.9 Å². The lowest BCUT2D eigenvalue weighted by atomic mass is 10.3. The maximum atomic E-state index is 5.31. The van der Waals surface area contributed by atoms with Crippen LogP contribution < -0.4 is 20.1 Å². The molecule has 0 aliphatic carbocycles. The van der Waals surface area contributed by atoms with Crippen molar-refractivity contribution in [2.24, 2.45) is 0 Å². The summed E-state index contributed by atoms with van der Waals surface area (Å²) in [6, 6.07) is 5.55. The van der Waals surface area contributed by atoms with E-state index >= 15 is 0 Å². The van der Waals surface area contributed by atoms with Gasteiger partial charge in [0, 0.05) is 47.6 Å². The number of thiocarbonyl (C=S) groups is 1. The van der Waals surface area contributed by atoms with Gasteiger partial charge in [0.2, 0.25) is 0 Å². The van der Waals surface area contributed by atoms with Gasteiger partial charge in [-0.15, -0.1) is 0 Å². The van der Waals surface area contributed by atoms with Crippen LogP contribution in [0.25, 0.3) is 0 Å². The number of anilines is 1. The zero-order chi connectivity index (χ0) is 17.4. The Morgan fingerprint density at radius 3 is 2.54 bits per heavy atom. The number of H-pyrrole nitrogens is 1. The fourth-order valence-corrected chi connectivity index (χ4v) is 3.09. The monoisotopic (exact) mass is 366 g/mol. The molecule has 0 spiro atoms. The highest BCUT2D eigenvalue weighted by Gasteiger charge is 2.04. The Bertz CT molecular complexity index is 654. The molecule has 0 unspecified atom stereocenters. The Balaban J connectivity index is 1.72. The molecular weight excluding hydrogens is 344 g/mol. The third-order valence-electron chi connectivity index (χ3n) is 3.31. The highest BCUT2D eigenvalue weighted by molar-refractivity contribution is 7.98. The molecule has 0 aliphatic heterocycles. The van der Waals surface area contributed by atoms with Crippen LogP contribution >= 0.6 is 24.0 Å². The first kappa shape index (κ1) is 18.4. The molecule has 0 saturated carbocycles. The number of methoxy groups -OCH3 is 2. The number of imidazole rings is 1. The first-order valence-corrected chi connectivity index (χ1v) is 9.03. The molecular formula is C16H22N4O2S2. The van der Waals surface area contributed by atoms with Crippen molar-refractivity contribution in [2.45, 2.75) is 12.7 Å². The average Bonchev–Trinajstić information content (AvgIpc) is 2.99. The highest BCUT2D eigenvalue weighted by Crippen LogP contribution is 2.25. The summed E-state index contributed by atoms with van der Waals surface area (Å²) in [6.07, 6.45) is 1.73. The lowest BCUT2D eigenvalue weighted by molar-refractivity contribution is 0.395. The van der Waals surface area contributed by atoms with Gasteiger partial charge in [0.1, 0.15) is 11.5 Å². The molecule has 3 N–H and O–H groups in total. The molecule has 0 saturated heterocycles. The van der Waals surface area contributed by atoms with E-state index in [9.17, 15) is 0 Å². The number of benzene rings is 1. The smallest absolute Gasteiger partial charge is 0.170 e. The van der Waals surface area contributed by atoms with Gasteiger partial charge in [0.05, 0.1) is 26.2 Å². The average molecular weight is 367 g/mol. The number of aromatic nitrogens is 2. The first-order valence-electron chi connectivity index (χ1n) is 7.47. The second kappa shape index (κ2) is 9.39. The molecule has 1 aromatic heterocycles. The maximum Gasteiger partial charge on any atom is 0.170 e. The van der Waals surface area contributed by atoms with Gasteiger partial charge in [-0.25, -0.2) is 4.98 Å². The van der Waals surface area contributed by atoms with Gasteiger partial charge in [-0.05, 0) is 19.1 Å². The van der Waals surface area contributed by atoms with Gasteiger partial charge in [0.25, 0.3) is 0 Å². The number of thioether (sulfide) groups is 1. The van der Waals surface area contributed by atoms with Gasteiger partial charge < -0.3 is 25.1 Å². The van der Waals surface area contributed by atoms with Gasteiger partial charge in [-0.1, -0.05) is 0 Å². The molecule has 2 aromatic rings. The van der Waals surface area contributed by atoms with Crippen LogP contribution in [0.2, 0.25) is 0 Å². The summed E-state index contributed by atoms with van der Waals surface area (Å²) in [5.74, 6) is 3.26. The molecule has 0 bridgehead atoms. The predicted molar refractivity (Wildman–Crippen MR) is 103 cm³/mol. The zero-order valence-electron chi connectivity index (χ0n) is 14.0. The largest absolute Gasteiger partial charge is 0.497 e. The van der Waals surface area contributed by atoms with Crippen LogP contribution in [0.4, 0.5) is 5.69 Å². The van der Waals surface area contributed by atoms with Gasteiger partial charge in [-0.2, -0.15) is 11.8 Å².